The summed E-state index contributed by atoms with van der Waals surface area (Å²) >= 11 is 0. The van der Waals surface area contributed by atoms with E-state index in [0.29, 0.717) is 19.0 Å². The molecule has 1 N–H and O–H groups in total. The molecule has 0 aromatic heterocycles. The Kier molecular flexibility index (Phi) is 7.08. The van der Waals surface area contributed by atoms with E-state index in [9.17, 15) is 9.18 Å². The molecule has 0 unspecified atom stereocenters. The number of nitrogens with zero attached hydrogens (tertiary/aromatic N) is 3. The van der Waals surface area contributed by atoms with E-state index in [1.807, 2.05) is 18.0 Å². The molecule has 0 aliphatic carbocycles. The summed E-state index contributed by atoms with van der Waals surface area (Å²) in [5, 5.41) is 3.09. The van der Waals surface area contributed by atoms with Gasteiger partial charge in [0.2, 0.25) is 5.91 Å². The predicted molar refractivity (Wildman–Crippen MR) is 87.1 cm³/mol. The molecule has 5 nitrogen and oxygen atoms in total. The number of rotatable bonds is 6. The largest absolute Gasteiger partial charge is 0.353 e. The van der Waals surface area contributed by atoms with Gasteiger partial charge in [0.15, 0.2) is 5.96 Å². The van der Waals surface area contributed by atoms with Crippen LogP contribution in [0.25, 0.3) is 0 Å². The minimum atomic E-state index is -0.272. The Balaban J connectivity index is 2.78. The number of likely N-dealkylation sites (N-methyl/N-ethyl adjacent to an activating group) is 1. The zero-order valence-electron chi connectivity index (χ0n) is 13.3. The van der Waals surface area contributed by atoms with Crippen LogP contribution in [0, 0.1) is 5.82 Å². The first-order valence-corrected chi connectivity index (χ1v) is 6.99. The average molecular weight is 306 g/mol. The van der Waals surface area contributed by atoms with E-state index in [1.165, 1.54) is 17.0 Å². The van der Waals surface area contributed by atoms with Gasteiger partial charge in [-0.05, 0) is 17.7 Å². The van der Waals surface area contributed by atoms with E-state index < -0.39 is 0 Å². The molecule has 1 amide bonds. The first-order chi connectivity index (χ1) is 10.4. The molecule has 0 saturated carbocycles. The molecule has 1 aromatic rings. The van der Waals surface area contributed by atoms with Crippen LogP contribution in [0.1, 0.15) is 5.56 Å². The Morgan fingerprint density at radius 2 is 2.14 bits per heavy atom. The van der Waals surface area contributed by atoms with Crippen LogP contribution < -0.4 is 5.32 Å². The maximum absolute atomic E-state index is 13.2. The number of hydrogen-bond acceptors (Lipinski definition) is 2. The molecule has 120 valence electrons. The van der Waals surface area contributed by atoms with Gasteiger partial charge in [0.1, 0.15) is 12.4 Å². The van der Waals surface area contributed by atoms with Gasteiger partial charge >= 0.3 is 0 Å². The van der Waals surface area contributed by atoms with Crippen LogP contribution in [0.15, 0.2) is 41.9 Å². The molecular formula is C16H23FN4O. The summed E-state index contributed by atoms with van der Waals surface area (Å²) < 4.78 is 13.2. The number of hydrogen-bond donors (Lipinski definition) is 1. The minimum Gasteiger partial charge on any atom is -0.353 e. The first kappa shape index (κ1) is 17.7. The summed E-state index contributed by atoms with van der Waals surface area (Å²) in [4.78, 5) is 19.3. The van der Waals surface area contributed by atoms with E-state index >= 15 is 0 Å². The highest BCUT2D eigenvalue weighted by Gasteiger charge is 2.09. The van der Waals surface area contributed by atoms with Crippen molar-refractivity contribution >= 4 is 11.9 Å². The van der Waals surface area contributed by atoms with Gasteiger partial charge in [-0.25, -0.2) is 9.38 Å². The number of halogens is 1. The van der Waals surface area contributed by atoms with Gasteiger partial charge in [-0.15, -0.1) is 6.58 Å². The zero-order chi connectivity index (χ0) is 16.5. The molecule has 0 aliphatic heterocycles. The highest BCUT2D eigenvalue weighted by molar-refractivity contribution is 5.84. The molecular weight excluding hydrogens is 283 g/mol. The van der Waals surface area contributed by atoms with Crippen LogP contribution in [0.2, 0.25) is 0 Å². The molecule has 1 aromatic carbocycles. The molecule has 0 heterocycles. The third kappa shape index (κ3) is 5.95. The van der Waals surface area contributed by atoms with E-state index in [4.69, 9.17) is 0 Å². The lowest BCUT2D eigenvalue weighted by Crippen LogP contribution is -2.39. The Labute approximate surface area is 131 Å². The molecule has 0 saturated heterocycles. The molecule has 0 aliphatic rings. The van der Waals surface area contributed by atoms with Gasteiger partial charge in [-0.2, -0.15) is 0 Å². The topological polar surface area (TPSA) is 47.9 Å². The first-order valence-electron chi connectivity index (χ1n) is 6.99. The normalized spacial score (nSPS) is 11.0. The Bertz CT molecular complexity index is 543. The standard InChI is InChI=1S/C16H23FN4O/c1-5-9-18-16(19-11-15(22)20(2)3)21(4)12-13-7-6-8-14(17)10-13/h5-8,10H,1,9,11-12H2,2-4H3,(H,18,19). The lowest BCUT2D eigenvalue weighted by molar-refractivity contribution is -0.127. The second-order valence-electron chi connectivity index (χ2n) is 5.08. The van der Waals surface area contributed by atoms with Crippen LogP contribution >= 0.6 is 0 Å². The number of amides is 1. The number of benzene rings is 1. The van der Waals surface area contributed by atoms with Gasteiger partial charge in [-0.1, -0.05) is 18.2 Å². The summed E-state index contributed by atoms with van der Waals surface area (Å²) in [5.74, 6) is 0.211. The van der Waals surface area contributed by atoms with E-state index in [-0.39, 0.29) is 18.3 Å². The smallest absolute Gasteiger partial charge is 0.243 e. The maximum Gasteiger partial charge on any atom is 0.243 e. The SMILES string of the molecule is C=CCNC(=NCC(=O)N(C)C)N(C)Cc1cccc(F)c1. The molecule has 1 rings (SSSR count). The third-order valence-electron chi connectivity index (χ3n) is 2.94. The van der Waals surface area contributed by atoms with Crippen LogP contribution in [-0.2, 0) is 11.3 Å². The summed E-state index contributed by atoms with van der Waals surface area (Å²) in [5.41, 5.74) is 0.828. The van der Waals surface area contributed by atoms with Crippen LogP contribution in [0.5, 0.6) is 0 Å². The Morgan fingerprint density at radius 3 is 2.73 bits per heavy atom. The fourth-order valence-corrected chi connectivity index (χ4v) is 1.74. The van der Waals surface area contributed by atoms with E-state index in [1.54, 1.807) is 26.2 Å². The fourth-order valence-electron chi connectivity index (χ4n) is 1.74. The van der Waals surface area contributed by atoms with Crippen molar-refractivity contribution in [3.8, 4) is 0 Å². The summed E-state index contributed by atoms with van der Waals surface area (Å²) in [6.45, 7) is 4.72. The van der Waals surface area contributed by atoms with Crippen LogP contribution in [-0.4, -0.2) is 55.9 Å². The van der Waals surface area contributed by atoms with E-state index in [2.05, 4.69) is 16.9 Å². The fraction of sp³-hybridized carbons (Fsp3) is 0.375. The Hall–Kier alpha value is -2.37. The number of aliphatic imine (C=N–C) groups is 1. The van der Waals surface area contributed by atoms with Crippen LogP contribution in [0.4, 0.5) is 4.39 Å². The van der Waals surface area contributed by atoms with Crippen molar-refractivity contribution < 1.29 is 9.18 Å². The molecule has 22 heavy (non-hydrogen) atoms. The second kappa shape index (κ2) is 8.81. The number of nitrogens with one attached hydrogen (secondary N) is 1. The Morgan fingerprint density at radius 1 is 1.41 bits per heavy atom. The summed E-state index contributed by atoms with van der Waals surface area (Å²) in [6.07, 6.45) is 1.71. The maximum atomic E-state index is 13.2. The lowest BCUT2D eigenvalue weighted by Gasteiger charge is -2.22. The van der Waals surface area contributed by atoms with E-state index in [0.717, 1.165) is 5.56 Å². The molecule has 0 radical (unpaired) electrons. The predicted octanol–water partition coefficient (Wildman–Crippen LogP) is 1.48. The monoisotopic (exact) mass is 306 g/mol. The zero-order valence-corrected chi connectivity index (χ0v) is 13.3. The highest BCUT2D eigenvalue weighted by atomic mass is 19.1. The number of carbonyl (C=O) groups is 1. The van der Waals surface area contributed by atoms with Crippen molar-refractivity contribution in [2.45, 2.75) is 6.54 Å². The van der Waals surface area contributed by atoms with Crippen LogP contribution in [0.3, 0.4) is 0 Å². The molecule has 0 bridgehead atoms. The quantitative estimate of drug-likeness (QED) is 0.492. The van der Waals surface area contributed by atoms with Gasteiger partial charge in [0, 0.05) is 34.2 Å². The molecule has 0 spiro atoms. The lowest BCUT2D eigenvalue weighted by atomic mass is 10.2. The van der Waals surface area contributed by atoms with Crippen molar-refractivity contribution in [3.63, 3.8) is 0 Å². The molecule has 6 heteroatoms. The van der Waals surface area contributed by atoms with Crippen molar-refractivity contribution in [2.75, 3.05) is 34.2 Å². The number of guanidine groups is 1. The van der Waals surface area contributed by atoms with Gasteiger partial charge < -0.3 is 15.1 Å². The van der Waals surface area contributed by atoms with Gasteiger partial charge in [0.05, 0.1) is 0 Å². The summed E-state index contributed by atoms with van der Waals surface area (Å²) in [6, 6.07) is 6.40. The molecule has 0 atom stereocenters. The third-order valence-corrected chi connectivity index (χ3v) is 2.94. The van der Waals surface area contributed by atoms with Gasteiger partial charge in [0.25, 0.3) is 0 Å². The van der Waals surface area contributed by atoms with Crippen molar-refractivity contribution in [1.82, 2.24) is 15.1 Å². The number of carbonyl (C=O) groups excluding carboxylic acids is 1. The minimum absolute atomic E-state index is 0.0555. The second-order valence-corrected chi connectivity index (χ2v) is 5.08. The highest BCUT2D eigenvalue weighted by Crippen LogP contribution is 2.06. The van der Waals surface area contributed by atoms with Crippen molar-refractivity contribution in [3.05, 3.63) is 48.3 Å². The average Bonchev–Trinajstić information content (AvgIpc) is 2.46. The van der Waals surface area contributed by atoms with Gasteiger partial charge in [-0.3, -0.25) is 4.79 Å². The summed E-state index contributed by atoms with van der Waals surface area (Å²) in [7, 11) is 5.20. The van der Waals surface area contributed by atoms with Crippen molar-refractivity contribution in [1.29, 1.82) is 0 Å². The van der Waals surface area contributed by atoms with Crippen molar-refractivity contribution in [2.24, 2.45) is 4.99 Å². The molecule has 0 fully saturated rings.